The van der Waals surface area contributed by atoms with Gasteiger partial charge in [-0.2, -0.15) is 0 Å². The number of aromatic amines is 1. The number of hydrogen-bond acceptors (Lipinski definition) is 2. The Morgan fingerprint density at radius 2 is 2.13 bits per heavy atom. The molecule has 1 unspecified atom stereocenters. The van der Waals surface area contributed by atoms with E-state index in [9.17, 15) is 0 Å². The van der Waals surface area contributed by atoms with E-state index in [1.54, 1.807) is 6.20 Å². The summed E-state index contributed by atoms with van der Waals surface area (Å²) in [4.78, 5) is 7.23. The van der Waals surface area contributed by atoms with Crippen molar-refractivity contribution in [3.05, 3.63) is 54.1 Å². The van der Waals surface area contributed by atoms with Gasteiger partial charge in [-0.25, -0.2) is 4.98 Å². The molecule has 1 aromatic carbocycles. The maximum Gasteiger partial charge on any atom is 0.120 e. The number of nitrogens with zero attached hydrogens (tertiary/aromatic N) is 1. The maximum atomic E-state index is 4.16. The van der Waals surface area contributed by atoms with Crippen LogP contribution in [-0.4, -0.2) is 9.97 Å². The molecule has 78 valence electrons. The normalized spacial score (nSPS) is 12.6. The Hall–Kier alpha value is -1.61. The van der Waals surface area contributed by atoms with Crippen molar-refractivity contribution >= 4 is 0 Å². The highest BCUT2D eigenvalue weighted by Crippen LogP contribution is 2.11. The molecule has 0 aliphatic carbocycles. The monoisotopic (exact) mass is 201 g/mol. The molecule has 15 heavy (non-hydrogen) atoms. The topological polar surface area (TPSA) is 40.7 Å². The van der Waals surface area contributed by atoms with Gasteiger partial charge in [0.25, 0.3) is 0 Å². The van der Waals surface area contributed by atoms with E-state index in [-0.39, 0.29) is 0 Å². The fraction of sp³-hybridized carbons (Fsp3) is 0.250. The molecule has 1 atom stereocenters. The van der Waals surface area contributed by atoms with Gasteiger partial charge in [0.1, 0.15) is 5.82 Å². The lowest BCUT2D eigenvalue weighted by atomic mass is 10.1. The van der Waals surface area contributed by atoms with Crippen molar-refractivity contribution in [3.8, 4) is 0 Å². The second-order valence-electron chi connectivity index (χ2n) is 3.55. The zero-order chi connectivity index (χ0) is 10.5. The summed E-state index contributed by atoms with van der Waals surface area (Å²) < 4.78 is 0. The molecule has 2 N–H and O–H groups in total. The molecule has 0 saturated carbocycles. The predicted octanol–water partition coefficient (Wildman–Crippen LogP) is 2.26. The average molecular weight is 201 g/mol. The zero-order valence-corrected chi connectivity index (χ0v) is 8.77. The van der Waals surface area contributed by atoms with Crippen LogP contribution in [0.25, 0.3) is 0 Å². The molecular weight excluding hydrogens is 186 g/mol. The van der Waals surface area contributed by atoms with Crippen LogP contribution in [-0.2, 0) is 6.54 Å². The molecule has 0 fully saturated rings. The molecule has 1 aromatic heterocycles. The van der Waals surface area contributed by atoms with E-state index >= 15 is 0 Å². The van der Waals surface area contributed by atoms with Gasteiger partial charge in [0.2, 0.25) is 0 Å². The van der Waals surface area contributed by atoms with Gasteiger partial charge in [-0.05, 0) is 12.5 Å². The molecular formula is C12H15N3. The summed E-state index contributed by atoms with van der Waals surface area (Å²) in [6.07, 6.45) is 3.61. The van der Waals surface area contributed by atoms with Crippen LogP contribution in [0.15, 0.2) is 42.7 Å². The fourth-order valence-electron chi connectivity index (χ4n) is 1.50. The standard InChI is InChI=1S/C12H15N3/c1-10(11-5-3-2-4-6-11)15-9-12-13-7-8-14-12/h2-8,10,15H,9H2,1H3,(H,13,14). The fourth-order valence-corrected chi connectivity index (χ4v) is 1.50. The van der Waals surface area contributed by atoms with E-state index in [1.807, 2.05) is 12.3 Å². The molecule has 0 aliphatic heterocycles. The van der Waals surface area contributed by atoms with E-state index in [4.69, 9.17) is 0 Å². The third-order valence-electron chi connectivity index (χ3n) is 2.43. The van der Waals surface area contributed by atoms with Crippen molar-refractivity contribution in [2.24, 2.45) is 0 Å². The average Bonchev–Trinajstić information content (AvgIpc) is 2.80. The Morgan fingerprint density at radius 3 is 2.80 bits per heavy atom. The Morgan fingerprint density at radius 1 is 1.33 bits per heavy atom. The van der Waals surface area contributed by atoms with E-state index in [1.165, 1.54) is 5.56 Å². The quantitative estimate of drug-likeness (QED) is 0.796. The van der Waals surface area contributed by atoms with Crippen LogP contribution in [0, 0.1) is 0 Å². The van der Waals surface area contributed by atoms with Crippen LogP contribution >= 0.6 is 0 Å². The summed E-state index contributed by atoms with van der Waals surface area (Å²) in [5, 5.41) is 3.41. The molecule has 0 saturated heterocycles. The number of H-pyrrole nitrogens is 1. The van der Waals surface area contributed by atoms with Gasteiger partial charge >= 0.3 is 0 Å². The van der Waals surface area contributed by atoms with Gasteiger partial charge in [0.15, 0.2) is 0 Å². The molecule has 2 aromatic rings. The first-order valence-corrected chi connectivity index (χ1v) is 5.13. The molecule has 0 bridgehead atoms. The van der Waals surface area contributed by atoms with Crippen molar-refractivity contribution in [2.45, 2.75) is 19.5 Å². The number of nitrogens with one attached hydrogen (secondary N) is 2. The predicted molar refractivity (Wildman–Crippen MR) is 60.3 cm³/mol. The minimum Gasteiger partial charge on any atom is -0.348 e. The summed E-state index contributed by atoms with van der Waals surface area (Å²) in [5.74, 6) is 0.970. The Balaban J connectivity index is 1.90. The van der Waals surface area contributed by atoms with Crippen molar-refractivity contribution in [1.82, 2.24) is 15.3 Å². The third-order valence-corrected chi connectivity index (χ3v) is 2.43. The largest absolute Gasteiger partial charge is 0.348 e. The number of benzene rings is 1. The second kappa shape index (κ2) is 4.75. The van der Waals surface area contributed by atoms with Gasteiger partial charge in [-0.1, -0.05) is 30.3 Å². The smallest absolute Gasteiger partial charge is 0.120 e. The highest BCUT2D eigenvalue weighted by atomic mass is 15.0. The van der Waals surface area contributed by atoms with Crippen LogP contribution in [0.2, 0.25) is 0 Å². The second-order valence-corrected chi connectivity index (χ2v) is 3.55. The van der Waals surface area contributed by atoms with Crippen LogP contribution in [0.1, 0.15) is 24.4 Å². The first-order valence-electron chi connectivity index (χ1n) is 5.13. The molecule has 0 amide bonds. The summed E-state index contributed by atoms with van der Waals surface area (Å²) >= 11 is 0. The van der Waals surface area contributed by atoms with Gasteiger partial charge in [-0.15, -0.1) is 0 Å². The maximum absolute atomic E-state index is 4.16. The van der Waals surface area contributed by atoms with Crippen LogP contribution in [0.4, 0.5) is 0 Å². The first-order chi connectivity index (χ1) is 7.36. The molecule has 3 heteroatoms. The van der Waals surface area contributed by atoms with Gasteiger partial charge in [0.05, 0.1) is 6.54 Å². The molecule has 0 aliphatic rings. The number of imidazole rings is 1. The number of hydrogen-bond donors (Lipinski definition) is 2. The highest BCUT2D eigenvalue weighted by molar-refractivity contribution is 5.18. The van der Waals surface area contributed by atoms with E-state index < -0.39 is 0 Å². The van der Waals surface area contributed by atoms with E-state index in [2.05, 4.69) is 46.5 Å². The van der Waals surface area contributed by atoms with Crippen LogP contribution in [0.5, 0.6) is 0 Å². The minimum atomic E-state index is 0.344. The van der Waals surface area contributed by atoms with Crippen molar-refractivity contribution < 1.29 is 0 Å². The van der Waals surface area contributed by atoms with Crippen molar-refractivity contribution in [1.29, 1.82) is 0 Å². The first kappa shape index (κ1) is 9.93. The van der Waals surface area contributed by atoms with Gasteiger partial charge < -0.3 is 10.3 Å². The Labute approximate surface area is 89.6 Å². The molecule has 0 spiro atoms. The van der Waals surface area contributed by atoms with Crippen LogP contribution < -0.4 is 5.32 Å². The van der Waals surface area contributed by atoms with Gasteiger partial charge in [0, 0.05) is 18.4 Å². The lowest BCUT2D eigenvalue weighted by molar-refractivity contribution is 0.562. The summed E-state index contributed by atoms with van der Waals surface area (Å²) in [6, 6.07) is 10.7. The number of aromatic nitrogens is 2. The molecule has 2 rings (SSSR count). The van der Waals surface area contributed by atoms with Crippen LogP contribution in [0.3, 0.4) is 0 Å². The van der Waals surface area contributed by atoms with Gasteiger partial charge in [-0.3, -0.25) is 0 Å². The van der Waals surface area contributed by atoms with E-state index in [0.29, 0.717) is 6.04 Å². The lowest BCUT2D eigenvalue weighted by Crippen LogP contribution is -2.18. The number of rotatable bonds is 4. The summed E-state index contributed by atoms with van der Waals surface area (Å²) in [5.41, 5.74) is 1.30. The molecule has 0 radical (unpaired) electrons. The van der Waals surface area contributed by atoms with Crippen molar-refractivity contribution in [3.63, 3.8) is 0 Å². The summed E-state index contributed by atoms with van der Waals surface area (Å²) in [6.45, 7) is 2.92. The Bertz CT molecular complexity index is 381. The summed E-state index contributed by atoms with van der Waals surface area (Å²) in [7, 11) is 0. The minimum absolute atomic E-state index is 0.344. The third kappa shape index (κ3) is 2.67. The Kier molecular flexibility index (Phi) is 3.15. The molecule has 1 heterocycles. The molecule has 3 nitrogen and oxygen atoms in total. The highest BCUT2D eigenvalue weighted by Gasteiger charge is 2.03. The zero-order valence-electron chi connectivity index (χ0n) is 8.77. The SMILES string of the molecule is CC(NCc1ncc[nH]1)c1ccccc1. The van der Waals surface area contributed by atoms with Crippen molar-refractivity contribution in [2.75, 3.05) is 0 Å². The van der Waals surface area contributed by atoms with E-state index in [0.717, 1.165) is 12.4 Å². The lowest BCUT2D eigenvalue weighted by Gasteiger charge is -2.12.